The number of hydrogen-bond acceptors (Lipinski definition) is 2. The second kappa shape index (κ2) is 7.55. The van der Waals surface area contributed by atoms with Crippen molar-refractivity contribution in [2.45, 2.75) is 39.3 Å². The molecule has 0 radical (unpaired) electrons. The summed E-state index contributed by atoms with van der Waals surface area (Å²) in [5.74, 6) is -0.110. The summed E-state index contributed by atoms with van der Waals surface area (Å²) < 4.78 is 13.5. The molecule has 0 aliphatic carbocycles. The number of allylic oxidation sites excluding steroid dienone is 1. The molecule has 0 amide bonds. The van der Waals surface area contributed by atoms with E-state index in [0.29, 0.717) is 12.6 Å². The van der Waals surface area contributed by atoms with E-state index in [0.717, 1.165) is 38.0 Å². The normalized spacial score (nSPS) is 17.1. The molecule has 110 valence electrons. The van der Waals surface area contributed by atoms with Crippen LogP contribution in [0.3, 0.4) is 0 Å². The van der Waals surface area contributed by atoms with E-state index in [2.05, 4.69) is 30.1 Å². The molecule has 3 heteroatoms. The summed E-state index contributed by atoms with van der Waals surface area (Å²) in [6.07, 6.45) is 4.57. The molecule has 0 spiro atoms. The van der Waals surface area contributed by atoms with Crippen molar-refractivity contribution < 1.29 is 4.39 Å². The molecule has 20 heavy (non-hydrogen) atoms. The van der Waals surface area contributed by atoms with Crippen molar-refractivity contribution in [2.24, 2.45) is 0 Å². The van der Waals surface area contributed by atoms with Crippen LogP contribution in [0.15, 0.2) is 35.9 Å². The molecule has 2 nitrogen and oxygen atoms in total. The smallest absolute Gasteiger partial charge is 0.127 e. The minimum Gasteiger partial charge on any atom is -0.310 e. The molecule has 0 atom stereocenters. The number of piperidine rings is 1. The molecule has 0 unspecified atom stereocenters. The average molecular weight is 276 g/mol. The zero-order valence-corrected chi connectivity index (χ0v) is 12.5. The van der Waals surface area contributed by atoms with E-state index in [-0.39, 0.29) is 5.82 Å². The fraction of sp³-hybridized carbons (Fsp3) is 0.529. The van der Waals surface area contributed by atoms with Gasteiger partial charge in [0.25, 0.3) is 0 Å². The molecule has 1 N–H and O–H groups in total. The molecule has 2 rings (SSSR count). The average Bonchev–Trinajstić information content (AvgIpc) is 2.45. The molecule has 0 bridgehead atoms. The topological polar surface area (TPSA) is 15.3 Å². The predicted octanol–water partition coefficient (Wildman–Crippen LogP) is 3.35. The SMILES string of the molecule is CC(C)=CCN1CCC(NCc2ccccc2F)CC1. The van der Waals surface area contributed by atoms with Crippen molar-refractivity contribution in [3.63, 3.8) is 0 Å². The minimum absolute atomic E-state index is 0.110. The molecule has 0 saturated carbocycles. The first-order valence-corrected chi connectivity index (χ1v) is 7.47. The number of nitrogens with one attached hydrogen (secondary N) is 1. The maximum atomic E-state index is 13.5. The molecule has 0 aromatic heterocycles. The molecule has 1 aromatic rings. The molecule has 1 saturated heterocycles. The van der Waals surface area contributed by atoms with Gasteiger partial charge >= 0.3 is 0 Å². The van der Waals surface area contributed by atoms with Crippen LogP contribution in [0.4, 0.5) is 4.39 Å². The van der Waals surface area contributed by atoms with Crippen LogP contribution in [-0.4, -0.2) is 30.6 Å². The van der Waals surface area contributed by atoms with E-state index in [1.165, 1.54) is 11.6 Å². The zero-order valence-electron chi connectivity index (χ0n) is 12.5. The minimum atomic E-state index is -0.110. The number of nitrogens with zero attached hydrogens (tertiary/aromatic N) is 1. The Hall–Kier alpha value is -1.19. The van der Waals surface area contributed by atoms with E-state index in [4.69, 9.17) is 0 Å². The van der Waals surface area contributed by atoms with Crippen LogP contribution in [0.2, 0.25) is 0 Å². The van der Waals surface area contributed by atoms with Gasteiger partial charge in [0.05, 0.1) is 0 Å². The summed E-state index contributed by atoms with van der Waals surface area (Å²) in [5, 5.41) is 3.48. The predicted molar refractivity (Wildman–Crippen MR) is 82.1 cm³/mol. The van der Waals surface area contributed by atoms with Crippen molar-refractivity contribution in [1.29, 1.82) is 0 Å². The number of halogens is 1. The number of rotatable bonds is 5. The standard InChI is InChI=1S/C17H25FN2/c1-14(2)7-10-20-11-8-16(9-12-20)19-13-15-5-3-4-6-17(15)18/h3-7,16,19H,8-13H2,1-2H3. The third-order valence-electron chi connectivity index (χ3n) is 3.88. The van der Waals surface area contributed by atoms with E-state index in [9.17, 15) is 4.39 Å². The van der Waals surface area contributed by atoms with Crippen LogP contribution in [0, 0.1) is 5.82 Å². The van der Waals surface area contributed by atoms with Gasteiger partial charge in [-0.05, 0) is 45.8 Å². The van der Waals surface area contributed by atoms with Crippen molar-refractivity contribution in [2.75, 3.05) is 19.6 Å². The molecule has 1 aromatic carbocycles. The second-order valence-electron chi connectivity index (χ2n) is 5.83. The van der Waals surface area contributed by atoms with Gasteiger partial charge in [0.15, 0.2) is 0 Å². The third kappa shape index (κ3) is 4.73. The van der Waals surface area contributed by atoms with Crippen LogP contribution in [-0.2, 0) is 6.54 Å². The first kappa shape index (κ1) is 15.2. The van der Waals surface area contributed by atoms with Crippen LogP contribution in [0.1, 0.15) is 32.3 Å². The maximum Gasteiger partial charge on any atom is 0.127 e. The Morgan fingerprint density at radius 2 is 2.00 bits per heavy atom. The highest BCUT2D eigenvalue weighted by Gasteiger charge is 2.18. The Morgan fingerprint density at radius 1 is 1.30 bits per heavy atom. The van der Waals surface area contributed by atoms with Crippen LogP contribution in [0.25, 0.3) is 0 Å². The highest BCUT2D eigenvalue weighted by atomic mass is 19.1. The van der Waals surface area contributed by atoms with E-state index < -0.39 is 0 Å². The lowest BCUT2D eigenvalue weighted by molar-refractivity contribution is 0.214. The Morgan fingerprint density at radius 3 is 2.65 bits per heavy atom. The summed E-state index contributed by atoms with van der Waals surface area (Å²) in [5.41, 5.74) is 2.14. The van der Waals surface area contributed by atoms with Gasteiger partial charge in [0, 0.05) is 24.7 Å². The van der Waals surface area contributed by atoms with Crippen molar-refractivity contribution >= 4 is 0 Å². The van der Waals surface area contributed by atoms with E-state index in [1.807, 2.05) is 12.1 Å². The van der Waals surface area contributed by atoms with E-state index >= 15 is 0 Å². The van der Waals surface area contributed by atoms with Gasteiger partial charge in [-0.1, -0.05) is 29.8 Å². The first-order valence-electron chi connectivity index (χ1n) is 7.47. The molecular weight excluding hydrogens is 251 g/mol. The zero-order chi connectivity index (χ0) is 14.4. The van der Waals surface area contributed by atoms with Gasteiger partial charge in [0.1, 0.15) is 5.82 Å². The monoisotopic (exact) mass is 276 g/mol. The molecular formula is C17H25FN2. The number of hydrogen-bond donors (Lipinski definition) is 1. The molecule has 1 aliphatic rings. The highest BCUT2D eigenvalue weighted by Crippen LogP contribution is 2.12. The Kier molecular flexibility index (Phi) is 5.74. The lowest BCUT2D eigenvalue weighted by Crippen LogP contribution is -2.42. The van der Waals surface area contributed by atoms with Gasteiger partial charge < -0.3 is 5.32 Å². The van der Waals surface area contributed by atoms with Crippen molar-refractivity contribution in [1.82, 2.24) is 10.2 Å². The fourth-order valence-corrected chi connectivity index (χ4v) is 2.53. The Labute approximate surface area is 121 Å². The van der Waals surface area contributed by atoms with Crippen molar-refractivity contribution in [3.05, 3.63) is 47.3 Å². The first-order chi connectivity index (χ1) is 9.65. The number of likely N-dealkylation sites (tertiary alicyclic amines) is 1. The Bertz CT molecular complexity index is 444. The maximum absolute atomic E-state index is 13.5. The summed E-state index contributed by atoms with van der Waals surface area (Å²) in [6, 6.07) is 7.52. The summed E-state index contributed by atoms with van der Waals surface area (Å²) in [6.45, 7) is 8.22. The van der Waals surface area contributed by atoms with Gasteiger partial charge in [-0.25, -0.2) is 4.39 Å². The van der Waals surface area contributed by atoms with Crippen molar-refractivity contribution in [3.8, 4) is 0 Å². The van der Waals surface area contributed by atoms with Gasteiger partial charge in [0.2, 0.25) is 0 Å². The summed E-state index contributed by atoms with van der Waals surface area (Å²) >= 11 is 0. The van der Waals surface area contributed by atoms with Crippen LogP contribution >= 0.6 is 0 Å². The second-order valence-corrected chi connectivity index (χ2v) is 5.83. The largest absolute Gasteiger partial charge is 0.310 e. The lowest BCUT2D eigenvalue weighted by Gasteiger charge is -2.31. The molecule has 1 fully saturated rings. The summed E-state index contributed by atoms with van der Waals surface area (Å²) in [4.78, 5) is 2.48. The quantitative estimate of drug-likeness (QED) is 0.830. The highest BCUT2D eigenvalue weighted by molar-refractivity contribution is 5.17. The van der Waals surface area contributed by atoms with Crippen LogP contribution < -0.4 is 5.32 Å². The molecule has 1 heterocycles. The van der Waals surface area contributed by atoms with Gasteiger partial charge in [-0.3, -0.25) is 4.90 Å². The fourth-order valence-electron chi connectivity index (χ4n) is 2.53. The number of benzene rings is 1. The Balaban J connectivity index is 1.72. The van der Waals surface area contributed by atoms with Gasteiger partial charge in [-0.2, -0.15) is 0 Å². The van der Waals surface area contributed by atoms with E-state index in [1.54, 1.807) is 6.07 Å². The van der Waals surface area contributed by atoms with Crippen LogP contribution in [0.5, 0.6) is 0 Å². The summed E-state index contributed by atoms with van der Waals surface area (Å²) in [7, 11) is 0. The van der Waals surface area contributed by atoms with Gasteiger partial charge in [-0.15, -0.1) is 0 Å². The molecule has 1 aliphatic heterocycles. The third-order valence-corrected chi connectivity index (χ3v) is 3.88. The lowest BCUT2D eigenvalue weighted by atomic mass is 10.0.